The first-order chi connectivity index (χ1) is 16.1. The summed E-state index contributed by atoms with van der Waals surface area (Å²) in [6.45, 7) is 0.556. The lowest BCUT2D eigenvalue weighted by atomic mass is 10.2. The Balaban J connectivity index is 1.80. The van der Waals surface area contributed by atoms with Crippen LogP contribution in [0.2, 0.25) is 0 Å². The summed E-state index contributed by atoms with van der Waals surface area (Å²) in [6, 6.07) is 8.10. The average Bonchev–Trinajstić information content (AvgIpc) is 3.27. The van der Waals surface area contributed by atoms with E-state index in [2.05, 4.69) is 30.4 Å². The maximum atomic E-state index is 14.2. The highest BCUT2D eigenvalue weighted by molar-refractivity contribution is 5.96. The smallest absolute Gasteiger partial charge is 0.226 e. The second kappa shape index (κ2) is 9.45. The minimum Gasteiger partial charge on any atom is -0.497 e. The lowest BCUT2D eigenvalue weighted by Gasteiger charge is -2.13. The quantitative estimate of drug-likeness (QED) is 0.231. The van der Waals surface area contributed by atoms with Gasteiger partial charge in [-0.1, -0.05) is 5.11 Å². The van der Waals surface area contributed by atoms with Gasteiger partial charge in [0, 0.05) is 42.1 Å². The fraction of sp³-hybridized carbons (Fsp3) is 0.286. The van der Waals surface area contributed by atoms with Gasteiger partial charge < -0.3 is 19.5 Å². The minimum atomic E-state index is -0.481. The molecule has 0 fully saturated rings. The van der Waals surface area contributed by atoms with Gasteiger partial charge in [0.25, 0.3) is 0 Å². The van der Waals surface area contributed by atoms with E-state index in [4.69, 9.17) is 19.7 Å². The second-order valence-electron chi connectivity index (χ2n) is 6.94. The zero-order valence-corrected chi connectivity index (χ0v) is 18.2. The SMILES string of the molecule is COc1ccc(CNc2nc3c(OC)cc(F)cc3c3nc(CCN=[N+]=[N-])nn23)c(OC)c1. The number of hydrogen-bond acceptors (Lipinski definition) is 8. The molecule has 4 aromatic rings. The molecule has 170 valence electrons. The second-order valence-corrected chi connectivity index (χ2v) is 6.94. The molecule has 0 unspecified atom stereocenters. The van der Waals surface area contributed by atoms with Crippen molar-refractivity contribution in [2.75, 3.05) is 33.2 Å². The van der Waals surface area contributed by atoms with Crippen molar-refractivity contribution in [2.45, 2.75) is 13.0 Å². The van der Waals surface area contributed by atoms with Crippen molar-refractivity contribution >= 4 is 22.5 Å². The highest BCUT2D eigenvalue weighted by Gasteiger charge is 2.18. The Hall–Kier alpha value is -4.31. The first-order valence-electron chi connectivity index (χ1n) is 9.96. The summed E-state index contributed by atoms with van der Waals surface area (Å²) in [7, 11) is 4.62. The normalized spacial score (nSPS) is 10.8. The number of halogens is 1. The van der Waals surface area contributed by atoms with Crippen LogP contribution < -0.4 is 19.5 Å². The van der Waals surface area contributed by atoms with Crippen LogP contribution in [0.3, 0.4) is 0 Å². The van der Waals surface area contributed by atoms with Gasteiger partial charge in [-0.3, -0.25) is 0 Å². The van der Waals surface area contributed by atoms with E-state index in [0.29, 0.717) is 52.8 Å². The summed E-state index contributed by atoms with van der Waals surface area (Å²) < 4.78 is 31.8. The third-order valence-corrected chi connectivity index (χ3v) is 5.00. The van der Waals surface area contributed by atoms with E-state index in [-0.39, 0.29) is 12.3 Å². The predicted octanol–water partition coefficient (Wildman–Crippen LogP) is 3.91. The molecule has 0 radical (unpaired) electrons. The number of anilines is 1. The fourth-order valence-corrected chi connectivity index (χ4v) is 3.43. The van der Waals surface area contributed by atoms with E-state index in [1.165, 1.54) is 23.8 Å². The van der Waals surface area contributed by atoms with Crippen molar-refractivity contribution in [3.8, 4) is 17.2 Å². The summed E-state index contributed by atoms with van der Waals surface area (Å²) in [6.07, 6.45) is 0.325. The van der Waals surface area contributed by atoms with Crippen LogP contribution in [0, 0.1) is 5.82 Å². The molecule has 0 amide bonds. The van der Waals surface area contributed by atoms with Gasteiger partial charge in [0.05, 0.1) is 26.7 Å². The van der Waals surface area contributed by atoms with Crippen molar-refractivity contribution in [1.82, 2.24) is 19.6 Å². The summed E-state index contributed by atoms with van der Waals surface area (Å²) in [5.74, 6) is 1.93. The molecule has 0 aliphatic rings. The monoisotopic (exact) mass is 452 g/mol. The molecule has 12 heteroatoms. The van der Waals surface area contributed by atoms with Gasteiger partial charge in [0.1, 0.15) is 28.6 Å². The van der Waals surface area contributed by atoms with Crippen molar-refractivity contribution in [3.63, 3.8) is 0 Å². The molecule has 33 heavy (non-hydrogen) atoms. The van der Waals surface area contributed by atoms with Crippen LogP contribution in [0.1, 0.15) is 11.4 Å². The molecule has 0 bridgehead atoms. The van der Waals surface area contributed by atoms with Crippen LogP contribution >= 0.6 is 0 Å². The van der Waals surface area contributed by atoms with Gasteiger partial charge in [-0.05, 0) is 23.7 Å². The number of fused-ring (bicyclic) bond motifs is 3. The van der Waals surface area contributed by atoms with Gasteiger partial charge >= 0.3 is 0 Å². The van der Waals surface area contributed by atoms with Crippen molar-refractivity contribution in [3.05, 3.63) is 58.0 Å². The Kier molecular flexibility index (Phi) is 6.27. The molecular formula is C21H21FN8O3. The molecule has 0 saturated carbocycles. The predicted molar refractivity (Wildman–Crippen MR) is 119 cm³/mol. The molecule has 0 spiro atoms. The van der Waals surface area contributed by atoms with Crippen LogP contribution in [0.5, 0.6) is 17.2 Å². The van der Waals surface area contributed by atoms with Gasteiger partial charge in [0.2, 0.25) is 5.95 Å². The first-order valence-corrected chi connectivity index (χ1v) is 9.96. The zero-order valence-electron chi connectivity index (χ0n) is 18.2. The maximum absolute atomic E-state index is 14.2. The molecule has 11 nitrogen and oxygen atoms in total. The van der Waals surface area contributed by atoms with Crippen LogP contribution in [-0.4, -0.2) is 47.5 Å². The van der Waals surface area contributed by atoms with Crippen molar-refractivity contribution in [1.29, 1.82) is 0 Å². The molecule has 2 heterocycles. The zero-order chi connectivity index (χ0) is 23.4. The minimum absolute atomic E-state index is 0.197. The number of aromatic nitrogens is 4. The Morgan fingerprint density at radius 1 is 1.09 bits per heavy atom. The van der Waals surface area contributed by atoms with Gasteiger partial charge in [0.15, 0.2) is 11.5 Å². The Bertz CT molecular complexity index is 1370. The van der Waals surface area contributed by atoms with Gasteiger partial charge in [-0.25, -0.2) is 14.4 Å². The third-order valence-electron chi connectivity index (χ3n) is 5.00. The molecule has 2 aromatic carbocycles. The molecule has 4 rings (SSSR count). The van der Waals surface area contributed by atoms with E-state index < -0.39 is 5.82 Å². The van der Waals surface area contributed by atoms with Gasteiger partial charge in [-0.2, -0.15) is 4.52 Å². The highest BCUT2D eigenvalue weighted by atomic mass is 19.1. The lowest BCUT2D eigenvalue weighted by Crippen LogP contribution is -2.09. The van der Waals surface area contributed by atoms with E-state index >= 15 is 0 Å². The number of hydrogen-bond donors (Lipinski definition) is 1. The number of ether oxygens (including phenoxy) is 3. The van der Waals surface area contributed by atoms with Crippen LogP contribution in [0.25, 0.3) is 27.0 Å². The summed E-state index contributed by atoms with van der Waals surface area (Å²) in [4.78, 5) is 11.9. The maximum Gasteiger partial charge on any atom is 0.226 e. The lowest BCUT2D eigenvalue weighted by molar-refractivity contribution is 0.391. The van der Waals surface area contributed by atoms with Crippen molar-refractivity contribution < 1.29 is 18.6 Å². The van der Waals surface area contributed by atoms with Crippen LogP contribution in [0.15, 0.2) is 35.4 Å². The Morgan fingerprint density at radius 3 is 2.64 bits per heavy atom. The number of nitrogens with one attached hydrogen (secondary N) is 1. The molecule has 0 atom stereocenters. The van der Waals surface area contributed by atoms with Gasteiger partial charge in [-0.15, -0.1) is 5.10 Å². The molecular weight excluding hydrogens is 431 g/mol. The Morgan fingerprint density at radius 2 is 1.91 bits per heavy atom. The van der Waals surface area contributed by atoms with Crippen molar-refractivity contribution in [2.24, 2.45) is 5.11 Å². The Labute approximate surface area is 187 Å². The van der Waals surface area contributed by atoms with Crippen LogP contribution in [-0.2, 0) is 13.0 Å². The number of benzene rings is 2. The standard InChI is InChI=1S/C21H21FN8O3/c1-31-14-5-4-12(16(10-14)32-2)11-24-21-27-19-15(8-13(22)9-17(19)33-3)20-26-18(28-30(20)21)6-7-25-29-23/h4-5,8-10H,6-7,11H2,1-3H3,(H,24,27). The largest absolute Gasteiger partial charge is 0.497 e. The topological polar surface area (TPSA) is 132 Å². The van der Waals surface area contributed by atoms with E-state index in [9.17, 15) is 4.39 Å². The average molecular weight is 452 g/mol. The number of methoxy groups -OCH3 is 3. The summed E-state index contributed by atoms with van der Waals surface area (Å²) in [5, 5.41) is 11.7. The number of rotatable bonds is 9. The molecule has 0 aliphatic heterocycles. The van der Waals surface area contributed by atoms with E-state index in [1.54, 1.807) is 20.3 Å². The highest BCUT2D eigenvalue weighted by Crippen LogP contribution is 2.30. The number of azide groups is 1. The molecule has 0 saturated heterocycles. The first kappa shape index (κ1) is 21.9. The van der Waals surface area contributed by atoms with E-state index in [0.717, 1.165) is 5.56 Å². The number of nitrogens with zero attached hydrogens (tertiary/aromatic N) is 7. The van der Waals surface area contributed by atoms with E-state index in [1.807, 2.05) is 12.1 Å². The molecule has 0 aliphatic carbocycles. The van der Waals surface area contributed by atoms with Crippen LogP contribution in [0.4, 0.5) is 10.3 Å². The fourth-order valence-electron chi connectivity index (χ4n) is 3.43. The molecule has 1 N–H and O–H groups in total. The molecule has 2 aromatic heterocycles. The third kappa shape index (κ3) is 4.37. The summed E-state index contributed by atoms with van der Waals surface area (Å²) >= 11 is 0. The summed E-state index contributed by atoms with van der Waals surface area (Å²) in [5.41, 5.74) is 10.2.